The van der Waals surface area contributed by atoms with Crippen LogP contribution < -0.4 is 14.8 Å². The Hall–Kier alpha value is -3.31. The molecule has 0 atom stereocenters. The van der Waals surface area contributed by atoms with Gasteiger partial charge in [0.2, 0.25) is 0 Å². The highest BCUT2D eigenvalue weighted by atomic mass is 127. The molecule has 30 heavy (non-hydrogen) atoms. The summed E-state index contributed by atoms with van der Waals surface area (Å²) >= 11 is 2.13. The van der Waals surface area contributed by atoms with Gasteiger partial charge in [-0.3, -0.25) is 4.79 Å². The normalized spacial score (nSPS) is 10.9. The molecular weight excluding hydrogens is 491 g/mol. The molecule has 0 aliphatic heterocycles. The van der Waals surface area contributed by atoms with Crippen molar-refractivity contribution in [2.45, 2.75) is 0 Å². The summed E-state index contributed by atoms with van der Waals surface area (Å²) in [5.41, 5.74) is 1.30. The smallest absolute Gasteiger partial charge is 0.266 e. The molecule has 3 rings (SSSR count). The minimum absolute atomic E-state index is 0.0134. The van der Waals surface area contributed by atoms with Crippen LogP contribution in [0.5, 0.6) is 11.5 Å². The van der Waals surface area contributed by atoms with E-state index in [9.17, 15) is 10.1 Å². The summed E-state index contributed by atoms with van der Waals surface area (Å²) in [5.74, 6) is 0.630. The Morgan fingerprint density at radius 2 is 2.00 bits per heavy atom. The van der Waals surface area contributed by atoms with E-state index in [0.717, 1.165) is 14.3 Å². The lowest BCUT2D eigenvalue weighted by molar-refractivity contribution is -0.112. The summed E-state index contributed by atoms with van der Waals surface area (Å²) in [5, 5.41) is 14.3. The van der Waals surface area contributed by atoms with Gasteiger partial charge in [0.05, 0.1) is 10.7 Å². The van der Waals surface area contributed by atoms with Gasteiger partial charge in [-0.25, -0.2) is 0 Å². The van der Waals surface area contributed by atoms with Crippen molar-refractivity contribution in [3.63, 3.8) is 0 Å². The number of anilines is 1. The number of fused-ring (bicyclic) bond motifs is 1. The third-order valence-corrected chi connectivity index (χ3v) is 5.11. The number of carbonyl (C=O) groups is 1. The van der Waals surface area contributed by atoms with E-state index in [1.165, 1.54) is 13.2 Å². The van der Waals surface area contributed by atoms with Crippen LogP contribution >= 0.6 is 22.6 Å². The lowest BCUT2D eigenvalue weighted by atomic mass is 10.1. The maximum Gasteiger partial charge on any atom is 0.266 e. The van der Waals surface area contributed by atoms with Gasteiger partial charge >= 0.3 is 0 Å². The Morgan fingerprint density at radius 3 is 2.73 bits per heavy atom. The fraction of sp³-hybridized carbons (Fsp3) is 0.0833. The van der Waals surface area contributed by atoms with E-state index in [1.807, 2.05) is 54.6 Å². The predicted octanol–water partition coefficient (Wildman–Crippen LogP) is 5.56. The standard InChI is InChI=1S/C24H19IN2O3/c1-3-11-30-23-20(25)13-16(14-22(23)29-2)12-18(15-26)24(28)27-21-10-6-8-17-7-4-5-9-19(17)21/h3-10,12-14H,1,11H2,2H3,(H,27,28)/b18-12+. The summed E-state index contributed by atoms with van der Waals surface area (Å²) in [4.78, 5) is 12.8. The maximum atomic E-state index is 12.8. The summed E-state index contributed by atoms with van der Waals surface area (Å²) < 4.78 is 11.9. The molecular formula is C24H19IN2O3. The Balaban J connectivity index is 1.91. The van der Waals surface area contributed by atoms with Gasteiger partial charge in [-0.1, -0.05) is 49.1 Å². The Labute approximate surface area is 188 Å². The van der Waals surface area contributed by atoms with Crippen molar-refractivity contribution in [1.29, 1.82) is 5.26 Å². The van der Waals surface area contributed by atoms with Crippen LogP contribution in [-0.4, -0.2) is 19.6 Å². The fourth-order valence-electron chi connectivity index (χ4n) is 2.94. The topological polar surface area (TPSA) is 71.3 Å². The lowest BCUT2D eigenvalue weighted by Crippen LogP contribution is -2.13. The largest absolute Gasteiger partial charge is 0.493 e. The maximum absolute atomic E-state index is 12.8. The van der Waals surface area contributed by atoms with Gasteiger partial charge in [0.25, 0.3) is 5.91 Å². The third kappa shape index (κ3) is 4.81. The molecule has 5 nitrogen and oxygen atoms in total. The molecule has 0 aliphatic carbocycles. The molecule has 0 aromatic heterocycles. The van der Waals surface area contributed by atoms with Crippen molar-refractivity contribution in [2.24, 2.45) is 0 Å². The molecule has 150 valence electrons. The van der Waals surface area contributed by atoms with Crippen molar-refractivity contribution in [1.82, 2.24) is 0 Å². The molecule has 0 heterocycles. The first-order valence-electron chi connectivity index (χ1n) is 9.09. The van der Waals surface area contributed by atoms with Gasteiger partial charge in [-0.2, -0.15) is 5.26 Å². The van der Waals surface area contributed by atoms with Crippen molar-refractivity contribution in [2.75, 3.05) is 19.0 Å². The monoisotopic (exact) mass is 510 g/mol. The first-order valence-corrected chi connectivity index (χ1v) is 10.2. The first kappa shape index (κ1) is 21.4. The highest BCUT2D eigenvalue weighted by molar-refractivity contribution is 14.1. The molecule has 1 amide bonds. The molecule has 1 N–H and O–H groups in total. The molecule has 0 saturated carbocycles. The molecule has 0 fully saturated rings. The highest BCUT2D eigenvalue weighted by Crippen LogP contribution is 2.34. The number of ether oxygens (including phenoxy) is 2. The van der Waals surface area contributed by atoms with Gasteiger partial charge in [0.1, 0.15) is 18.2 Å². The van der Waals surface area contributed by atoms with Gasteiger partial charge in [0, 0.05) is 11.1 Å². The molecule has 6 heteroatoms. The van der Waals surface area contributed by atoms with Crippen LogP contribution in [0.4, 0.5) is 5.69 Å². The van der Waals surface area contributed by atoms with Crippen LogP contribution in [0.2, 0.25) is 0 Å². The predicted molar refractivity (Wildman–Crippen MR) is 128 cm³/mol. The molecule has 0 saturated heterocycles. The molecule has 0 bridgehead atoms. The summed E-state index contributed by atoms with van der Waals surface area (Å²) in [6.45, 7) is 3.99. The second kappa shape index (κ2) is 9.94. The van der Waals surface area contributed by atoms with Crippen LogP contribution in [0.15, 0.2) is 72.8 Å². The quantitative estimate of drug-likeness (QED) is 0.196. The average molecular weight is 510 g/mol. The van der Waals surface area contributed by atoms with Gasteiger partial charge in [-0.15, -0.1) is 0 Å². The molecule has 0 unspecified atom stereocenters. The minimum Gasteiger partial charge on any atom is -0.493 e. The van der Waals surface area contributed by atoms with Crippen LogP contribution in [-0.2, 0) is 4.79 Å². The summed E-state index contributed by atoms with van der Waals surface area (Å²) in [6, 6.07) is 18.9. The number of carbonyl (C=O) groups excluding carboxylic acids is 1. The summed E-state index contributed by atoms with van der Waals surface area (Å²) in [6.07, 6.45) is 3.18. The fourth-order valence-corrected chi connectivity index (χ4v) is 3.73. The van der Waals surface area contributed by atoms with Crippen molar-refractivity contribution >= 4 is 51.0 Å². The number of benzene rings is 3. The number of amides is 1. The molecule has 0 radical (unpaired) electrons. The SMILES string of the molecule is C=CCOc1c(I)cc(/C=C(\C#N)C(=O)Nc2cccc3ccccc23)cc1OC. The van der Waals surface area contributed by atoms with Crippen LogP contribution in [0.25, 0.3) is 16.8 Å². The van der Waals surface area contributed by atoms with Gasteiger partial charge in [0.15, 0.2) is 11.5 Å². The zero-order chi connectivity index (χ0) is 21.5. The van der Waals surface area contributed by atoms with E-state index in [4.69, 9.17) is 9.47 Å². The van der Waals surface area contributed by atoms with E-state index < -0.39 is 5.91 Å². The second-order valence-electron chi connectivity index (χ2n) is 6.28. The molecule has 0 aliphatic rings. The second-order valence-corrected chi connectivity index (χ2v) is 7.45. The molecule has 3 aromatic carbocycles. The third-order valence-electron chi connectivity index (χ3n) is 4.31. The summed E-state index contributed by atoms with van der Waals surface area (Å²) in [7, 11) is 1.54. The number of rotatable bonds is 7. The number of halogens is 1. The number of methoxy groups -OCH3 is 1. The van der Waals surface area contributed by atoms with Crippen LogP contribution in [0.1, 0.15) is 5.56 Å². The Bertz CT molecular complexity index is 1170. The van der Waals surface area contributed by atoms with E-state index in [0.29, 0.717) is 29.4 Å². The van der Waals surface area contributed by atoms with E-state index >= 15 is 0 Å². The number of nitrogens with one attached hydrogen (secondary N) is 1. The van der Waals surface area contributed by atoms with Crippen LogP contribution in [0.3, 0.4) is 0 Å². The number of nitrogens with zero attached hydrogens (tertiary/aromatic N) is 1. The van der Waals surface area contributed by atoms with Gasteiger partial charge in [-0.05, 0) is 57.8 Å². The number of hydrogen-bond donors (Lipinski definition) is 1. The van der Waals surface area contributed by atoms with Gasteiger partial charge < -0.3 is 14.8 Å². The first-order chi connectivity index (χ1) is 14.6. The zero-order valence-electron chi connectivity index (χ0n) is 16.3. The van der Waals surface area contributed by atoms with Crippen molar-refractivity contribution in [3.8, 4) is 17.6 Å². The number of hydrogen-bond acceptors (Lipinski definition) is 4. The Kier molecular flexibility index (Phi) is 7.09. The molecule has 0 spiro atoms. The zero-order valence-corrected chi connectivity index (χ0v) is 18.5. The Morgan fingerprint density at radius 1 is 1.23 bits per heavy atom. The minimum atomic E-state index is -0.477. The lowest BCUT2D eigenvalue weighted by Gasteiger charge is -2.12. The average Bonchev–Trinajstić information content (AvgIpc) is 2.76. The molecule has 3 aromatic rings. The number of nitriles is 1. The van der Waals surface area contributed by atoms with Crippen molar-refractivity contribution in [3.05, 3.63) is 82.0 Å². The van der Waals surface area contributed by atoms with Crippen molar-refractivity contribution < 1.29 is 14.3 Å². The van der Waals surface area contributed by atoms with Crippen LogP contribution in [0, 0.1) is 14.9 Å². The highest BCUT2D eigenvalue weighted by Gasteiger charge is 2.14. The van der Waals surface area contributed by atoms with E-state index in [1.54, 1.807) is 12.1 Å². The van der Waals surface area contributed by atoms with E-state index in [2.05, 4.69) is 34.5 Å². The van der Waals surface area contributed by atoms with E-state index in [-0.39, 0.29) is 5.57 Å².